The standard InChI is InChI=1S/C14H20N4O3/c1-10-4-5-11(17-16-10)13(20)18-7-3-6-14(18,9-21-2)8-12(15)19/h4-5H,3,6-9H2,1-2H3,(H2,15,19). The number of rotatable bonds is 5. The van der Waals surface area contributed by atoms with Gasteiger partial charge in [-0.1, -0.05) is 0 Å². The first-order valence-corrected chi connectivity index (χ1v) is 6.88. The van der Waals surface area contributed by atoms with Gasteiger partial charge in [0.15, 0.2) is 5.69 Å². The summed E-state index contributed by atoms with van der Waals surface area (Å²) in [6, 6.07) is 3.38. The number of ether oxygens (including phenoxy) is 1. The van der Waals surface area contributed by atoms with Gasteiger partial charge in [-0.2, -0.15) is 5.10 Å². The summed E-state index contributed by atoms with van der Waals surface area (Å²) in [5.74, 6) is -0.681. The molecule has 0 radical (unpaired) electrons. The second-order valence-corrected chi connectivity index (χ2v) is 5.42. The molecule has 7 heteroatoms. The van der Waals surface area contributed by atoms with Gasteiger partial charge < -0.3 is 15.4 Å². The van der Waals surface area contributed by atoms with Crippen LogP contribution in [0.4, 0.5) is 0 Å². The number of nitrogens with two attached hydrogens (primary N) is 1. The minimum atomic E-state index is -0.676. The second kappa shape index (κ2) is 6.17. The maximum atomic E-state index is 12.6. The number of methoxy groups -OCH3 is 1. The van der Waals surface area contributed by atoms with E-state index in [1.165, 1.54) is 0 Å². The Bertz CT molecular complexity index is 532. The highest BCUT2D eigenvalue weighted by molar-refractivity contribution is 5.93. The Kier molecular flexibility index (Phi) is 4.52. The third-order valence-electron chi connectivity index (χ3n) is 3.77. The van der Waals surface area contributed by atoms with Crippen LogP contribution in [0.15, 0.2) is 12.1 Å². The zero-order chi connectivity index (χ0) is 15.5. The van der Waals surface area contributed by atoms with Gasteiger partial charge in [-0.05, 0) is 31.9 Å². The van der Waals surface area contributed by atoms with Crippen LogP contribution in [-0.2, 0) is 9.53 Å². The van der Waals surface area contributed by atoms with Crippen molar-refractivity contribution in [1.82, 2.24) is 15.1 Å². The van der Waals surface area contributed by atoms with E-state index in [0.717, 1.165) is 12.1 Å². The van der Waals surface area contributed by atoms with Crippen LogP contribution in [0.1, 0.15) is 35.4 Å². The van der Waals surface area contributed by atoms with Crippen LogP contribution in [0.2, 0.25) is 0 Å². The van der Waals surface area contributed by atoms with Crippen molar-refractivity contribution in [3.63, 3.8) is 0 Å². The van der Waals surface area contributed by atoms with Gasteiger partial charge in [-0.25, -0.2) is 0 Å². The van der Waals surface area contributed by atoms with Gasteiger partial charge in [0.25, 0.3) is 5.91 Å². The normalized spacial score (nSPS) is 21.5. The molecule has 2 rings (SSSR count). The van der Waals surface area contributed by atoms with Gasteiger partial charge in [0.05, 0.1) is 24.3 Å². The van der Waals surface area contributed by atoms with Crippen molar-refractivity contribution in [2.75, 3.05) is 20.3 Å². The number of aryl methyl sites for hydroxylation is 1. The van der Waals surface area contributed by atoms with E-state index < -0.39 is 11.4 Å². The number of hydrogen-bond donors (Lipinski definition) is 1. The van der Waals surface area contributed by atoms with Crippen LogP contribution in [-0.4, -0.2) is 52.7 Å². The number of hydrogen-bond acceptors (Lipinski definition) is 5. The molecule has 0 spiro atoms. The summed E-state index contributed by atoms with van der Waals surface area (Å²) >= 11 is 0. The van der Waals surface area contributed by atoms with E-state index >= 15 is 0 Å². The predicted octanol–water partition coefficient (Wildman–Crippen LogP) is 0.282. The lowest BCUT2D eigenvalue weighted by atomic mass is 9.92. The molecular weight excluding hydrogens is 272 g/mol. The summed E-state index contributed by atoms with van der Waals surface area (Å²) in [6.07, 6.45) is 1.59. The molecule has 1 aromatic heterocycles. The lowest BCUT2D eigenvalue weighted by Crippen LogP contribution is -2.52. The fourth-order valence-corrected chi connectivity index (χ4v) is 2.88. The summed E-state index contributed by atoms with van der Waals surface area (Å²) in [7, 11) is 1.55. The lowest BCUT2D eigenvalue weighted by molar-refractivity contribution is -0.121. The third kappa shape index (κ3) is 3.18. The number of nitrogens with zero attached hydrogens (tertiary/aromatic N) is 3. The van der Waals surface area contributed by atoms with Gasteiger partial charge in [0.1, 0.15) is 0 Å². The maximum absolute atomic E-state index is 12.6. The molecule has 7 nitrogen and oxygen atoms in total. The van der Waals surface area contributed by atoms with Crippen LogP contribution < -0.4 is 5.73 Å². The molecule has 1 fully saturated rings. The fraction of sp³-hybridized carbons (Fsp3) is 0.571. The Balaban J connectivity index is 2.28. The van der Waals surface area contributed by atoms with E-state index in [1.807, 2.05) is 0 Å². The summed E-state index contributed by atoms with van der Waals surface area (Å²) < 4.78 is 5.23. The SMILES string of the molecule is COCC1(CC(N)=O)CCCN1C(=O)c1ccc(C)nn1. The average molecular weight is 292 g/mol. The summed E-state index contributed by atoms with van der Waals surface area (Å²) in [6.45, 7) is 2.64. The van der Waals surface area contributed by atoms with E-state index in [1.54, 1.807) is 31.1 Å². The Morgan fingerprint density at radius 1 is 1.43 bits per heavy atom. The Morgan fingerprint density at radius 3 is 2.76 bits per heavy atom. The van der Waals surface area contributed by atoms with Crippen molar-refractivity contribution in [1.29, 1.82) is 0 Å². The zero-order valence-corrected chi connectivity index (χ0v) is 12.3. The molecule has 114 valence electrons. The quantitative estimate of drug-likeness (QED) is 0.840. The molecule has 21 heavy (non-hydrogen) atoms. The molecule has 0 bridgehead atoms. The smallest absolute Gasteiger partial charge is 0.274 e. The van der Waals surface area contributed by atoms with E-state index in [9.17, 15) is 9.59 Å². The van der Waals surface area contributed by atoms with Crippen LogP contribution in [0.5, 0.6) is 0 Å². The van der Waals surface area contributed by atoms with Gasteiger partial charge in [0, 0.05) is 13.7 Å². The first-order chi connectivity index (χ1) is 9.98. The van der Waals surface area contributed by atoms with Crippen LogP contribution in [0, 0.1) is 6.92 Å². The number of likely N-dealkylation sites (tertiary alicyclic amines) is 1. The summed E-state index contributed by atoms with van der Waals surface area (Å²) in [4.78, 5) is 25.7. The highest BCUT2D eigenvalue weighted by atomic mass is 16.5. The summed E-state index contributed by atoms with van der Waals surface area (Å²) in [5, 5.41) is 7.84. The van der Waals surface area contributed by atoms with Crippen molar-refractivity contribution in [2.45, 2.75) is 31.7 Å². The van der Waals surface area contributed by atoms with E-state index in [4.69, 9.17) is 10.5 Å². The van der Waals surface area contributed by atoms with Crippen molar-refractivity contribution >= 4 is 11.8 Å². The van der Waals surface area contributed by atoms with Crippen LogP contribution >= 0.6 is 0 Å². The second-order valence-electron chi connectivity index (χ2n) is 5.42. The van der Waals surface area contributed by atoms with E-state index in [2.05, 4.69) is 10.2 Å². The molecule has 0 saturated carbocycles. The zero-order valence-electron chi connectivity index (χ0n) is 12.3. The predicted molar refractivity (Wildman–Crippen MR) is 75.5 cm³/mol. The van der Waals surface area contributed by atoms with Gasteiger partial charge in [0.2, 0.25) is 5.91 Å². The molecule has 1 aliphatic heterocycles. The fourth-order valence-electron chi connectivity index (χ4n) is 2.88. The van der Waals surface area contributed by atoms with E-state index in [0.29, 0.717) is 13.0 Å². The van der Waals surface area contributed by atoms with Crippen molar-refractivity contribution < 1.29 is 14.3 Å². The molecule has 1 aromatic rings. The maximum Gasteiger partial charge on any atom is 0.274 e. The largest absolute Gasteiger partial charge is 0.382 e. The minimum Gasteiger partial charge on any atom is -0.382 e. The summed E-state index contributed by atoms with van der Waals surface area (Å²) in [5.41, 5.74) is 5.69. The highest BCUT2D eigenvalue weighted by Crippen LogP contribution is 2.33. The highest BCUT2D eigenvalue weighted by Gasteiger charge is 2.45. The monoisotopic (exact) mass is 292 g/mol. The number of amides is 2. The molecule has 1 unspecified atom stereocenters. The number of carbonyl (C=O) groups is 2. The average Bonchev–Trinajstić information content (AvgIpc) is 2.81. The Morgan fingerprint density at radius 2 is 2.19 bits per heavy atom. The molecule has 1 saturated heterocycles. The third-order valence-corrected chi connectivity index (χ3v) is 3.77. The van der Waals surface area contributed by atoms with Crippen LogP contribution in [0.25, 0.3) is 0 Å². The van der Waals surface area contributed by atoms with Crippen molar-refractivity contribution in [3.05, 3.63) is 23.5 Å². The topological polar surface area (TPSA) is 98.4 Å². The molecule has 0 aromatic carbocycles. The minimum absolute atomic E-state index is 0.0892. The molecule has 1 atom stereocenters. The van der Waals surface area contributed by atoms with Crippen LogP contribution in [0.3, 0.4) is 0 Å². The van der Waals surface area contributed by atoms with Crippen molar-refractivity contribution in [3.8, 4) is 0 Å². The van der Waals surface area contributed by atoms with Crippen molar-refractivity contribution in [2.24, 2.45) is 5.73 Å². The molecular formula is C14H20N4O3. The van der Waals surface area contributed by atoms with Gasteiger partial charge in [-0.15, -0.1) is 5.10 Å². The molecule has 2 N–H and O–H groups in total. The Labute approximate surface area is 123 Å². The first kappa shape index (κ1) is 15.4. The molecule has 1 aliphatic rings. The number of carbonyl (C=O) groups excluding carboxylic acids is 2. The van der Waals surface area contributed by atoms with E-state index in [-0.39, 0.29) is 24.6 Å². The molecule has 0 aliphatic carbocycles. The van der Waals surface area contributed by atoms with Gasteiger partial charge in [-0.3, -0.25) is 9.59 Å². The molecule has 2 heterocycles. The Hall–Kier alpha value is -2.02. The number of primary amides is 1. The molecule has 2 amide bonds. The first-order valence-electron chi connectivity index (χ1n) is 6.88. The number of aromatic nitrogens is 2. The lowest BCUT2D eigenvalue weighted by Gasteiger charge is -2.37. The van der Waals surface area contributed by atoms with Gasteiger partial charge >= 0.3 is 0 Å².